The quantitative estimate of drug-likeness (QED) is 0.710. The van der Waals surface area contributed by atoms with Crippen molar-refractivity contribution in [3.8, 4) is 0 Å². The predicted molar refractivity (Wildman–Crippen MR) is 95.6 cm³/mol. The molecule has 0 radical (unpaired) electrons. The van der Waals surface area contributed by atoms with Gasteiger partial charge in [-0.3, -0.25) is 4.90 Å². The third-order valence-corrected chi connectivity index (χ3v) is 5.41. The number of hydrogen-bond donors (Lipinski definition) is 0. The van der Waals surface area contributed by atoms with Gasteiger partial charge in [0.05, 0.1) is 0 Å². The Hall–Kier alpha value is -1.35. The van der Waals surface area contributed by atoms with Gasteiger partial charge in [-0.05, 0) is 42.5 Å². The summed E-state index contributed by atoms with van der Waals surface area (Å²) in [5.41, 5.74) is 3.73. The molecular formula is C19H18Cl2N2. The Balaban J connectivity index is 1.59. The van der Waals surface area contributed by atoms with Crippen LogP contribution in [0.1, 0.15) is 30.4 Å². The molecule has 0 saturated carbocycles. The normalized spacial score (nSPS) is 23.8. The molecule has 23 heavy (non-hydrogen) atoms. The van der Waals surface area contributed by atoms with Crippen LogP contribution in [0.5, 0.6) is 0 Å². The number of nitrogens with zero attached hydrogens (tertiary/aromatic N) is 2. The van der Waals surface area contributed by atoms with E-state index in [0.29, 0.717) is 22.4 Å². The van der Waals surface area contributed by atoms with Crippen LogP contribution in [0.4, 0.5) is 0 Å². The van der Waals surface area contributed by atoms with Crippen molar-refractivity contribution >= 4 is 28.8 Å². The van der Waals surface area contributed by atoms with E-state index in [1.165, 1.54) is 24.0 Å². The van der Waals surface area contributed by atoms with Gasteiger partial charge in [-0.25, -0.2) is 4.98 Å². The molecule has 2 nitrogen and oxygen atoms in total. The van der Waals surface area contributed by atoms with E-state index < -0.39 is 0 Å². The molecule has 2 aliphatic heterocycles. The van der Waals surface area contributed by atoms with E-state index in [1.807, 2.05) is 12.1 Å². The molecular weight excluding hydrogens is 327 g/mol. The molecule has 4 rings (SSSR count). The molecule has 0 aliphatic carbocycles. The molecule has 118 valence electrons. The minimum atomic E-state index is 0.448. The van der Waals surface area contributed by atoms with Gasteiger partial charge in [0.25, 0.3) is 0 Å². The van der Waals surface area contributed by atoms with Crippen molar-refractivity contribution in [1.29, 1.82) is 0 Å². The highest BCUT2D eigenvalue weighted by Crippen LogP contribution is 2.40. The average molecular weight is 345 g/mol. The van der Waals surface area contributed by atoms with Crippen molar-refractivity contribution in [3.63, 3.8) is 0 Å². The first-order chi connectivity index (χ1) is 11.2. The van der Waals surface area contributed by atoms with Crippen molar-refractivity contribution < 1.29 is 0 Å². The second-order valence-electron chi connectivity index (χ2n) is 6.32. The van der Waals surface area contributed by atoms with Gasteiger partial charge in [0.1, 0.15) is 10.3 Å². The smallest absolute Gasteiger partial charge is 0.138 e. The molecule has 2 unspecified atom stereocenters. The fourth-order valence-electron chi connectivity index (χ4n) is 3.81. The SMILES string of the molecule is Clc1ccc(C2=CC3CCC(C2)N3Cc2ccccc2)c(Cl)n1. The molecule has 4 heteroatoms. The van der Waals surface area contributed by atoms with Crippen molar-refractivity contribution in [1.82, 2.24) is 9.88 Å². The summed E-state index contributed by atoms with van der Waals surface area (Å²) in [6, 6.07) is 15.6. The molecule has 0 amide bonds. The van der Waals surface area contributed by atoms with E-state index in [0.717, 1.165) is 18.5 Å². The van der Waals surface area contributed by atoms with Gasteiger partial charge in [-0.1, -0.05) is 59.6 Å². The van der Waals surface area contributed by atoms with Gasteiger partial charge in [-0.2, -0.15) is 0 Å². The zero-order valence-electron chi connectivity index (χ0n) is 12.8. The molecule has 0 spiro atoms. The zero-order valence-corrected chi connectivity index (χ0v) is 14.3. The Morgan fingerprint density at radius 1 is 1.04 bits per heavy atom. The highest BCUT2D eigenvalue weighted by molar-refractivity contribution is 6.33. The molecule has 3 heterocycles. The van der Waals surface area contributed by atoms with Crippen LogP contribution in [-0.4, -0.2) is 22.0 Å². The Morgan fingerprint density at radius 2 is 1.87 bits per heavy atom. The fourth-order valence-corrected chi connectivity index (χ4v) is 4.28. The second-order valence-corrected chi connectivity index (χ2v) is 7.07. The largest absolute Gasteiger partial charge is 0.289 e. The predicted octanol–water partition coefficient (Wildman–Crippen LogP) is 5.21. The molecule has 2 atom stereocenters. The highest BCUT2D eigenvalue weighted by Gasteiger charge is 2.36. The third-order valence-electron chi connectivity index (χ3n) is 4.91. The average Bonchev–Trinajstić information content (AvgIpc) is 2.78. The van der Waals surface area contributed by atoms with Crippen LogP contribution in [0.15, 0.2) is 48.5 Å². The second kappa shape index (κ2) is 6.27. The van der Waals surface area contributed by atoms with E-state index in [2.05, 4.69) is 46.3 Å². The van der Waals surface area contributed by atoms with E-state index in [-0.39, 0.29) is 0 Å². The van der Waals surface area contributed by atoms with E-state index >= 15 is 0 Å². The molecule has 2 bridgehead atoms. The lowest BCUT2D eigenvalue weighted by molar-refractivity contribution is 0.203. The van der Waals surface area contributed by atoms with E-state index in [1.54, 1.807) is 0 Å². The van der Waals surface area contributed by atoms with E-state index in [9.17, 15) is 0 Å². The molecule has 2 aromatic rings. The van der Waals surface area contributed by atoms with Crippen LogP contribution in [0.2, 0.25) is 10.3 Å². The first-order valence-electron chi connectivity index (χ1n) is 8.03. The van der Waals surface area contributed by atoms with Gasteiger partial charge >= 0.3 is 0 Å². The van der Waals surface area contributed by atoms with Crippen molar-refractivity contribution in [3.05, 3.63) is 70.0 Å². The topological polar surface area (TPSA) is 16.1 Å². The fraction of sp³-hybridized carbons (Fsp3) is 0.316. The minimum absolute atomic E-state index is 0.448. The standard InChI is InChI=1S/C19H18Cl2N2/c20-18-9-8-17(19(21)22-18)14-10-15-6-7-16(11-14)23(15)12-13-4-2-1-3-5-13/h1-5,8-10,15-16H,6-7,11-12H2. The van der Waals surface area contributed by atoms with Crippen molar-refractivity contribution in [2.75, 3.05) is 0 Å². The summed E-state index contributed by atoms with van der Waals surface area (Å²) < 4.78 is 0. The Bertz CT molecular complexity index is 742. The lowest BCUT2D eigenvalue weighted by Crippen LogP contribution is -2.37. The van der Waals surface area contributed by atoms with Crippen molar-refractivity contribution in [2.45, 2.75) is 37.9 Å². The number of pyridine rings is 1. The van der Waals surface area contributed by atoms with Crippen LogP contribution in [0.3, 0.4) is 0 Å². The number of fused-ring (bicyclic) bond motifs is 2. The van der Waals surface area contributed by atoms with Gasteiger partial charge in [-0.15, -0.1) is 0 Å². The number of aromatic nitrogens is 1. The Labute approximate surface area is 146 Å². The van der Waals surface area contributed by atoms with Crippen LogP contribution in [0.25, 0.3) is 5.57 Å². The Morgan fingerprint density at radius 3 is 2.61 bits per heavy atom. The van der Waals surface area contributed by atoms with Crippen LogP contribution in [0, 0.1) is 0 Å². The Kier molecular flexibility index (Phi) is 4.14. The van der Waals surface area contributed by atoms with Gasteiger partial charge < -0.3 is 0 Å². The lowest BCUT2D eigenvalue weighted by Gasteiger charge is -2.34. The summed E-state index contributed by atoms with van der Waals surface area (Å²) in [5, 5.41) is 0.962. The lowest BCUT2D eigenvalue weighted by atomic mass is 9.95. The molecule has 2 aliphatic rings. The maximum Gasteiger partial charge on any atom is 0.138 e. The summed E-state index contributed by atoms with van der Waals surface area (Å²) in [6.07, 6.45) is 5.88. The maximum atomic E-state index is 6.29. The van der Waals surface area contributed by atoms with E-state index in [4.69, 9.17) is 23.2 Å². The summed E-state index contributed by atoms with van der Waals surface area (Å²) >= 11 is 12.2. The molecule has 1 fully saturated rings. The third kappa shape index (κ3) is 3.03. The maximum absolute atomic E-state index is 6.29. The van der Waals surface area contributed by atoms with Gasteiger partial charge in [0.2, 0.25) is 0 Å². The van der Waals surface area contributed by atoms with Crippen LogP contribution >= 0.6 is 23.2 Å². The minimum Gasteiger partial charge on any atom is -0.289 e. The molecule has 1 aromatic heterocycles. The zero-order chi connectivity index (χ0) is 15.8. The monoisotopic (exact) mass is 344 g/mol. The molecule has 0 N–H and O–H groups in total. The summed E-state index contributed by atoms with van der Waals surface area (Å²) in [4.78, 5) is 6.80. The first-order valence-corrected chi connectivity index (χ1v) is 8.79. The van der Waals surface area contributed by atoms with Gasteiger partial charge in [0, 0.05) is 24.2 Å². The number of hydrogen-bond acceptors (Lipinski definition) is 2. The summed E-state index contributed by atoms with van der Waals surface area (Å²) in [7, 11) is 0. The summed E-state index contributed by atoms with van der Waals surface area (Å²) in [6.45, 7) is 1.02. The number of rotatable bonds is 3. The van der Waals surface area contributed by atoms with Crippen molar-refractivity contribution in [2.24, 2.45) is 0 Å². The first kappa shape index (κ1) is 15.2. The number of halogens is 2. The van der Waals surface area contributed by atoms with Crippen LogP contribution in [-0.2, 0) is 6.54 Å². The summed E-state index contributed by atoms with van der Waals surface area (Å²) in [5.74, 6) is 0. The van der Waals surface area contributed by atoms with Gasteiger partial charge in [0.15, 0.2) is 0 Å². The molecule has 1 aromatic carbocycles. The van der Waals surface area contributed by atoms with Crippen LogP contribution < -0.4 is 0 Å². The highest BCUT2D eigenvalue weighted by atomic mass is 35.5. The number of benzene rings is 1. The molecule has 1 saturated heterocycles.